The van der Waals surface area contributed by atoms with E-state index < -0.39 is 12.0 Å². The highest BCUT2D eigenvalue weighted by molar-refractivity contribution is 5.83. The maximum absolute atomic E-state index is 10.6. The van der Waals surface area contributed by atoms with Crippen molar-refractivity contribution in [1.29, 1.82) is 0 Å². The number of aliphatic carboxylic acids is 1. The number of carbonyl (C=O) groups excluding carboxylic acids is 1. The van der Waals surface area contributed by atoms with Gasteiger partial charge in [0.1, 0.15) is 12.3 Å². The Kier molecular flexibility index (Phi) is 2.99. The molecule has 0 aromatic heterocycles. The molecule has 14 heavy (non-hydrogen) atoms. The summed E-state index contributed by atoms with van der Waals surface area (Å²) < 4.78 is 0. The van der Waals surface area contributed by atoms with E-state index in [1.165, 1.54) is 0 Å². The smallest absolute Gasteiger partial charge is 0.325 e. The number of rotatable bonds is 3. The van der Waals surface area contributed by atoms with Crippen molar-refractivity contribution in [2.45, 2.75) is 13.0 Å². The van der Waals surface area contributed by atoms with Crippen LogP contribution in [0, 0.1) is 6.92 Å². The summed E-state index contributed by atoms with van der Waals surface area (Å²) in [6.07, 6.45) is 0.609. The number of carboxylic acids is 1. The Morgan fingerprint density at radius 3 is 2.71 bits per heavy atom. The van der Waals surface area contributed by atoms with Gasteiger partial charge in [0, 0.05) is 5.56 Å². The zero-order valence-corrected chi connectivity index (χ0v) is 7.73. The first-order valence-electron chi connectivity index (χ1n) is 4.10. The number of hydrogen-bond acceptors (Lipinski definition) is 3. The molecular formula is C10H11NO3. The molecule has 1 atom stereocenters. The zero-order valence-electron chi connectivity index (χ0n) is 7.73. The van der Waals surface area contributed by atoms with Gasteiger partial charge in [0.15, 0.2) is 0 Å². The van der Waals surface area contributed by atoms with Crippen molar-refractivity contribution >= 4 is 12.3 Å². The second-order valence-corrected chi connectivity index (χ2v) is 3.07. The number of aldehydes is 1. The highest BCUT2D eigenvalue weighted by Crippen LogP contribution is 2.16. The van der Waals surface area contributed by atoms with Gasteiger partial charge in [-0.05, 0) is 12.5 Å². The molecule has 0 amide bonds. The van der Waals surface area contributed by atoms with Crippen molar-refractivity contribution in [2.24, 2.45) is 5.73 Å². The fraction of sp³-hybridized carbons (Fsp3) is 0.200. The van der Waals surface area contributed by atoms with Gasteiger partial charge in [-0.2, -0.15) is 0 Å². The molecule has 1 rings (SSSR count). The Balaban J connectivity index is 3.23. The van der Waals surface area contributed by atoms with Crippen LogP contribution in [0.25, 0.3) is 0 Å². The van der Waals surface area contributed by atoms with Crippen LogP contribution in [-0.2, 0) is 4.79 Å². The Bertz CT molecular complexity index is 374. The summed E-state index contributed by atoms with van der Waals surface area (Å²) in [6, 6.07) is 3.78. The maximum atomic E-state index is 10.6. The van der Waals surface area contributed by atoms with Gasteiger partial charge in [-0.3, -0.25) is 9.59 Å². The molecule has 0 radical (unpaired) electrons. The summed E-state index contributed by atoms with van der Waals surface area (Å²) in [4.78, 5) is 21.3. The molecule has 0 heterocycles. The largest absolute Gasteiger partial charge is 0.480 e. The third-order valence-corrected chi connectivity index (χ3v) is 1.97. The minimum atomic E-state index is -1.14. The monoisotopic (exact) mass is 193 g/mol. The Hall–Kier alpha value is -1.68. The van der Waals surface area contributed by atoms with Crippen LogP contribution in [0.3, 0.4) is 0 Å². The van der Waals surface area contributed by atoms with Crippen molar-refractivity contribution in [1.82, 2.24) is 0 Å². The molecule has 0 aliphatic rings. The Labute approximate surface area is 81.3 Å². The number of carboxylic acid groups (broad SMARTS) is 1. The number of benzene rings is 1. The fourth-order valence-corrected chi connectivity index (χ4v) is 1.20. The van der Waals surface area contributed by atoms with Crippen LogP contribution < -0.4 is 5.73 Å². The lowest BCUT2D eigenvalue weighted by Crippen LogP contribution is -2.22. The predicted molar refractivity (Wildman–Crippen MR) is 51.1 cm³/mol. The number of hydrogen-bond donors (Lipinski definition) is 2. The van der Waals surface area contributed by atoms with Crippen LogP contribution in [0.15, 0.2) is 18.2 Å². The first-order chi connectivity index (χ1) is 6.56. The second kappa shape index (κ2) is 4.02. The van der Waals surface area contributed by atoms with Gasteiger partial charge in [0.05, 0.1) is 0 Å². The van der Waals surface area contributed by atoms with Crippen molar-refractivity contribution in [3.8, 4) is 0 Å². The number of carbonyl (C=O) groups is 2. The predicted octanol–water partition coefficient (Wildman–Crippen LogP) is 0.892. The van der Waals surface area contributed by atoms with Crippen LogP contribution in [0.2, 0.25) is 0 Å². The van der Waals surface area contributed by atoms with Crippen molar-refractivity contribution in [3.63, 3.8) is 0 Å². The van der Waals surface area contributed by atoms with Crippen molar-refractivity contribution in [2.75, 3.05) is 0 Å². The quantitative estimate of drug-likeness (QED) is 0.698. The number of nitrogens with two attached hydrogens (primary N) is 1. The van der Waals surface area contributed by atoms with E-state index in [1.54, 1.807) is 18.2 Å². The lowest BCUT2D eigenvalue weighted by Gasteiger charge is -2.09. The minimum Gasteiger partial charge on any atom is -0.480 e. The summed E-state index contributed by atoms with van der Waals surface area (Å²) in [5.41, 5.74) is 6.98. The first-order valence-corrected chi connectivity index (χ1v) is 4.10. The molecule has 74 valence electrons. The molecule has 0 bridgehead atoms. The highest BCUT2D eigenvalue weighted by atomic mass is 16.4. The van der Waals surface area contributed by atoms with Crippen LogP contribution in [0.5, 0.6) is 0 Å². The standard InChI is InChI=1S/C10H11NO3/c1-6-2-3-7(5-12)8(4-6)9(11)10(13)14/h2-5,9H,11H2,1H3,(H,13,14). The summed E-state index contributed by atoms with van der Waals surface area (Å²) in [7, 11) is 0. The van der Waals surface area contributed by atoms with Gasteiger partial charge in [-0.15, -0.1) is 0 Å². The number of aryl methyl sites for hydroxylation is 1. The van der Waals surface area contributed by atoms with Gasteiger partial charge in [-0.25, -0.2) is 0 Å². The van der Waals surface area contributed by atoms with E-state index in [9.17, 15) is 9.59 Å². The average molecular weight is 193 g/mol. The molecular weight excluding hydrogens is 182 g/mol. The van der Waals surface area contributed by atoms with E-state index in [0.717, 1.165) is 5.56 Å². The lowest BCUT2D eigenvalue weighted by atomic mass is 9.99. The SMILES string of the molecule is Cc1ccc(C=O)c(C(N)C(=O)O)c1. The Morgan fingerprint density at radius 1 is 1.57 bits per heavy atom. The third kappa shape index (κ3) is 1.97. The highest BCUT2D eigenvalue weighted by Gasteiger charge is 2.17. The molecule has 3 N–H and O–H groups in total. The molecule has 4 heteroatoms. The van der Waals surface area contributed by atoms with E-state index in [0.29, 0.717) is 17.4 Å². The van der Waals surface area contributed by atoms with Crippen LogP contribution >= 0.6 is 0 Å². The third-order valence-electron chi connectivity index (χ3n) is 1.97. The summed E-state index contributed by atoms with van der Waals surface area (Å²) in [5.74, 6) is -1.14. The molecule has 0 saturated carbocycles. The van der Waals surface area contributed by atoms with Crippen molar-refractivity contribution in [3.05, 3.63) is 34.9 Å². The van der Waals surface area contributed by atoms with Crippen LogP contribution in [0.4, 0.5) is 0 Å². The molecule has 1 aromatic carbocycles. The van der Waals surface area contributed by atoms with Gasteiger partial charge in [0.25, 0.3) is 0 Å². The van der Waals surface area contributed by atoms with E-state index in [-0.39, 0.29) is 0 Å². The van der Waals surface area contributed by atoms with Gasteiger partial charge in [0.2, 0.25) is 0 Å². The molecule has 4 nitrogen and oxygen atoms in total. The molecule has 0 aliphatic carbocycles. The fourth-order valence-electron chi connectivity index (χ4n) is 1.20. The van der Waals surface area contributed by atoms with E-state index >= 15 is 0 Å². The van der Waals surface area contributed by atoms with Crippen molar-refractivity contribution < 1.29 is 14.7 Å². The van der Waals surface area contributed by atoms with Gasteiger partial charge < -0.3 is 10.8 Å². The summed E-state index contributed by atoms with van der Waals surface area (Å²) >= 11 is 0. The normalized spacial score (nSPS) is 12.1. The summed E-state index contributed by atoms with van der Waals surface area (Å²) in [5, 5.41) is 8.71. The lowest BCUT2D eigenvalue weighted by molar-refractivity contribution is -0.138. The molecule has 1 aromatic rings. The van der Waals surface area contributed by atoms with Crippen LogP contribution in [0.1, 0.15) is 27.5 Å². The maximum Gasteiger partial charge on any atom is 0.325 e. The Morgan fingerprint density at radius 2 is 2.21 bits per heavy atom. The average Bonchev–Trinajstić information content (AvgIpc) is 2.16. The van der Waals surface area contributed by atoms with E-state index in [1.807, 2.05) is 6.92 Å². The topological polar surface area (TPSA) is 80.4 Å². The van der Waals surface area contributed by atoms with E-state index in [4.69, 9.17) is 10.8 Å². The van der Waals surface area contributed by atoms with E-state index in [2.05, 4.69) is 0 Å². The second-order valence-electron chi connectivity index (χ2n) is 3.07. The minimum absolute atomic E-state index is 0.325. The molecule has 0 spiro atoms. The molecule has 0 aliphatic heterocycles. The van der Waals surface area contributed by atoms with Crippen LogP contribution in [-0.4, -0.2) is 17.4 Å². The zero-order chi connectivity index (χ0) is 10.7. The molecule has 0 fully saturated rings. The molecule has 0 saturated heterocycles. The molecule has 1 unspecified atom stereocenters. The first kappa shape index (κ1) is 10.4. The van der Waals surface area contributed by atoms with Gasteiger partial charge in [-0.1, -0.05) is 23.8 Å². The summed E-state index contributed by atoms with van der Waals surface area (Å²) in [6.45, 7) is 1.81. The van der Waals surface area contributed by atoms with Gasteiger partial charge >= 0.3 is 5.97 Å².